The van der Waals surface area contributed by atoms with E-state index < -0.39 is 0 Å². The molecule has 1 heterocycles. The highest BCUT2D eigenvalue weighted by molar-refractivity contribution is 9.10. The Hall–Kier alpha value is -1.09. The molecule has 3 heteroatoms. The molecule has 2 rings (SSSR count). The van der Waals surface area contributed by atoms with E-state index in [0.717, 1.165) is 22.1 Å². The van der Waals surface area contributed by atoms with Crippen LogP contribution in [0.25, 0.3) is 10.9 Å². The number of carbonyl (C=O) groups is 1. The number of aromatic amines is 1. The van der Waals surface area contributed by atoms with Gasteiger partial charge in [0.05, 0.1) is 0 Å². The van der Waals surface area contributed by atoms with E-state index in [9.17, 15) is 4.79 Å². The van der Waals surface area contributed by atoms with Crippen molar-refractivity contribution in [1.82, 2.24) is 4.98 Å². The molecule has 78 valence electrons. The normalized spacial score (nSPS) is 10.8. The maximum Gasteiger partial charge on any atom is 0.130 e. The zero-order valence-electron chi connectivity index (χ0n) is 8.51. The zero-order valence-corrected chi connectivity index (χ0v) is 10.1. The van der Waals surface area contributed by atoms with Crippen molar-refractivity contribution in [2.45, 2.75) is 19.8 Å². The van der Waals surface area contributed by atoms with E-state index in [2.05, 4.69) is 33.0 Å². The second-order valence-corrected chi connectivity index (χ2v) is 4.64. The van der Waals surface area contributed by atoms with Gasteiger partial charge in [0.2, 0.25) is 0 Å². The lowest BCUT2D eigenvalue weighted by atomic mass is 10.2. The molecule has 0 amide bonds. The second-order valence-electron chi connectivity index (χ2n) is 3.73. The molecule has 2 nitrogen and oxygen atoms in total. The third-order valence-corrected chi connectivity index (χ3v) is 2.88. The van der Waals surface area contributed by atoms with Gasteiger partial charge in [-0.2, -0.15) is 0 Å². The average Bonchev–Trinajstić information content (AvgIpc) is 2.56. The fraction of sp³-hybridized carbons (Fsp3) is 0.250. The van der Waals surface area contributed by atoms with E-state index in [1.807, 2.05) is 12.1 Å². The monoisotopic (exact) mass is 265 g/mol. The first kappa shape index (κ1) is 10.4. The van der Waals surface area contributed by atoms with E-state index >= 15 is 0 Å². The van der Waals surface area contributed by atoms with Crippen molar-refractivity contribution in [2.24, 2.45) is 0 Å². The van der Waals surface area contributed by atoms with Crippen LogP contribution in [0.15, 0.2) is 28.7 Å². The molecule has 1 N–H and O–H groups in total. The molecule has 0 spiro atoms. The number of rotatable bonds is 3. The van der Waals surface area contributed by atoms with Gasteiger partial charge in [-0.1, -0.05) is 15.9 Å². The molecular formula is C12H12BrNO. The minimum atomic E-state index is 0.231. The first-order chi connectivity index (χ1) is 7.15. The number of carbonyl (C=O) groups excluding carboxylic acids is 1. The van der Waals surface area contributed by atoms with Crippen molar-refractivity contribution in [3.63, 3.8) is 0 Å². The SMILES string of the molecule is CC(=O)CCc1cc2cc(Br)ccc2[nH]1. The number of hydrogen-bond donors (Lipinski definition) is 1. The number of nitrogens with one attached hydrogen (secondary N) is 1. The van der Waals surface area contributed by atoms with Gasteiger partial charge in [0.25, 0.3) is 0 Å². The van der Waals surface area contributed by atoms with Gasteiger partial charge in [-0.3, -0.25) is 0 Å². The highest BCUT2D eigenvalue weighted by Crippen LogP contribution is 2.20. The molecule has 0 aliphatic heterocycles. The Morgan fingerprint density at radius 2 is 2.20 bits per heavy atom. The van der Waals surface area contributed by atoms with Crippen LogP contribution in [0.2, 0.25) is 0 Å². The topological polar surface area (TPSA) is 32.9 Å². The highest BCUT2D eigenvalue weighted by Gasteiger charge is 2.02. The molecule has 0 bridgehead atoms. The van der Waals surface area contributed by atoms with Gasteiger partial charge >= 0.3 is 0 Å². The Bertz CT molecular complexity index is 501. The van der Waals surface area contributed by atoms with Gasteiger partial charge < -0.3 is 9.78 Å². The van der Waals surface area contributed by atoms with Crippen LogP contribution in [0.3, 0.4) is 0 Å². The number of benzene rings is 1. The number of aromatic nitrogens is 1. The molecule has 1 aromatic carbocycles. The molecule has 0 atom stereocenters. The molecule has 0 fully saturated rings. The smallest absolute Gasteiger partial charge is 0.130 e. The Morgan fingerprint density at radius 3 is 2.93 bits per heavy atom. The lowest BCUT2D eigenvalue weighted by Crippen LogP contribution is -1.93. The Morgan fingerprint density at radius 1 is 1.40 bits per heavy atom. The summed E-state index contributed by atoms with van der Waals surface area (Å²) in [5.41, 5.74) is 2.25. The van der Waals surface area contributed by atoms with E-state index in [1.54, 1.807) is 6.92 Å². The highest BCUT2D eigenvalue weighted by atomic mass is 79.9. The summed E-state index contributed by atoms with van der Waals surface area (Å²) in [4.78, 5) is 14.2. The summed E-state index contributed by atoms with van der Waals surface area (Å²) < 4.78 is 1.08. The number of halogens is 1. The van der Waals surface area contributed by atoms with E-state index in [4.69, 9.17) is 0 Å². The minimum Gasteiger partial charge on any atom is -0.358 e. The minimum absolute atomic E-state index is 0.231. The predicted octanol–water partition coefficient (Wildman–Crippen LogP) is 3.45. The largest absolute Gasteiger partial charge is 0.358 e. The fourth-order valence-electron chi connectivity index (χ4n) is 1.61. The predicted molar refractivity (Wildman–Crippen MR) is 65.0 cm³/mol. The Labute approximate surface area is 96.8 Å². The van der Waals surface area contributed by atoms with Crippen LogP contribution in [0.1, 0.15) is 19.0 Å². The third kappa shape index (κ3) is 2.48. The van der Waals surface area contributed by atoms with E-state index in [1.165, 1.54) is 5.39 Å². The molecule has 15 heavy (non-hydrogen) atoms. The number of ketones is 1. The van der Waals surface area contributed by atoms with Crippen molar-refractivity contribution in [3.8, 4) is 0 Å². The molecule has 0 saturated carbocycles. The molecule has 2 aromatic rings. The molecule has 0 saturated heterocycles. The van der Waals surface area contributed by atoms with Crippen LogP contribution >= 0.6 is 15.9 Å². The Kier molecular flexibility index (Phi) is 2.91. The summed E-state index contributed by atoms with van der Waals surface area (Å²) in [5, 5.41) is 1.18. The molecule has 0 unspecified atom stereocenters. The first-order valence-electron chi connectivity index (χ1n) is 4.92. The Balaban J connectivity index is 2.27. The van der Waals surface area contributed by atoms with Crippen molar-refractivity contribution in [3.05, 3.63) is 34.4 Å². The van der Waals surface area contributed by atoms with Crippen LogP contribution in [-0.4, -0.2) is 10.8 Å². The standard InChI is InChI=1S/C12H12BrNO/c1-8(15)2-4-11-7-9-6-10(13)3-5-12(9)14-11/h3,5-7,14H,2,4H2,1H3. The summed E-state index contributed by atoms with van der Waals surface area (Å²) in [5.74, 6) is 0.231. The van der Waals surface area contributed by atoms with Gasteiger partial charge in [-0.25, -0.2) is 0 Å². The average molecular weight is 266 g/mol. The maximum absolute atomic E-state index is 10.9. The summed E-state index contributed by atoms with van der Waals surface area (Å²) in [6, 6.07) is 8.22. The summed E-state index contributed by atoms with van der Waals surface area (Å²) >= 11 is 3.44. The summed E-state index contributed by atoms with van der Waals surface area (Å²) in [6.45, 7) is 1.62. The zero-order chi connectivity index (χ0) is 10.8. The van der Waals surface area contributed by atoms with Gasteiger partial charge in [0.15, 0.2) is 0 Å². The van der Waals surface area contributed by atoms with Crippen LogP contribution in [0, 0.1) is 0 Å². The second kappa shape index (κ2) is 4.19. The lowest BCUT2D eigenvalue weighted by molar-refractivity contribution is -0.116. The number of fused-ring (bicyclic) bond motifs is 1. The number of Topliss-reactive ketones (excluding diaryl/α,β-unsaturated/α-hetero) is 1. The molecule has 0 aliphatic carbocycles. The molecule has 0 radical (unpaired) electrons. The molecular weight excluding hydrogens is 254 g/mol. The van der Waals surface area contributed by atoms with E-state index in [0.29, 0.717) is 6.42 Å². The van der Waals surface area contributed by atoms with Gasteiger partial charge in [-0.15, -0.1) is 0 Å². The van der Waals surface area contributed by atoms with Crippen molar-refractivity contribution in [2.75, 3.05) is 0 Å². The maximum atomic E-state index is 10.9. The van der Waals surface area contributed by atoms with Crippen LogP contribution in [0.4, 0.5) is 0 Å². The number of H-pyrrole nitrogens is 1. The van der Waals surface area contributed by atoms with Gasteiger partial charge in [0, 0.05) is 27.5 Å². The van der Waals surface area contributed by atoms with Crippen molar-refractivity contribution >= 4 is 32.6 Å². The summed E-state index contributed by atoms with van der Waals surface area (Å²) in [6.07, 6.45) is 1.40. The van der Waals surface area contributed by atoms with Gasteiger partial charge in [0.1, 0.15) is 5.78 Å². The van der Waals surface area contributed by atoms with Crippen LogP contribution in [0.5, 0.6) is 0 Å². The van der Waals surface area contributed by atoms with Crippen LogP contribution < -0.4 is 0 Å². The van der Waals surface area contributed by atoms with Crippen LogP contribution in [-0.2, 0) is 11.2 Å². The van der Waals surface area contributed by atoms with Crippen molar-refractivity contribution in [1.29, 1.82) is 0 Å². The molecule has 0 aliphatic rings. The lowest BCUT2D eigenvalue weighted by Gasteiger charge is -1.92. The first-order valence-corrected chi connectivity index (χ1v) is 5.71. The number of aryl methyl sites for hydroxylation is 1. The van der Waals surface area contributed by atoms with Gasteiger partial charge in [-0.05, 0) is 37.6 Å². The fourth-order valence-corrected chi connectivity index (χ4v) is 1.99. The number of hydrogen-bond acceptors (Lipinski definition) is 1. The van der Waals surface area contributed by atoms with Crippen molar-refractivity contribution < 1.29 is 4.79 Å². The van der Waals surface area contributed by atoms with E-state index in [-0.39, 0.29) is 5.78 Å². The third-order valence-electron chi connectivity index (χ3n) is 2.38. The molecule has 1 aromatic heterocycles. The summed E-state index contributed by atoms with van der Waals surface area (Å²) in [7, 11) is 0. The quantitative estimate of drug-likeness (QED) is 0.906.